The highest BCUT2D eigenvalue weighted by Gasteiger charge is 2.22. The van der Waals surface area contributed by atoms with E-state index in [4.69, 9.17) is 4.52 Å². The first-order chi connectivity index (χ1) is 14.8. The maximum atomic E-state index is 13.1. The molecular weight excluding hydrogens is 416 g/mol. The topological polar surface area (TPSA) is 105 Å². The van der Waals surface area contributed by atoms with E-state index < -0.39 is 15.9 Å². The molecule has 2 aromatic heterocycles. The molecule has 1 N–H and O–H groups in total. The summed E-state index contributed by atoms with van der Waals surface area (Å²) in [6, 6.07) is 16.5. The summed E-state index contributed by atoms with van der Waals surface area (Å²) in [4.78, 5) is 17.3. The van der Waals surface area contributed by atoms with Crippen LogP contribution in [0.2, 0.25) is 0 Å². The van der Waals surface area contributed by atoms with Crippen molar-refractivity contribution >= 4 is 38.4 Å². The van der Waals surface area contributed by atoms with E-state index >= 15 is 0 Å². The Balaban J connectivity index is 1.65. The van der Waals surface area contributed by atoms with Crippen molar-refractivity contribution in [3.8, 4) is 0 Å². The average molecular weight is 436 g/mol. The number of amides is 1. The van der Waals surface area contributed by atoms with E-state index in [1.165, 1.54) is 23.5 Å². The van der Waals surface area contributed by atoms with E-state index in [0.29, 0.717) is 33.7 Å². The minimum absolute atomic E-state index is 0.0638. The average Bonchev–Trinajstić information content (AvgIpc) is 3.13. The molecule has 0 fully saturated rings. The van der Waals surface area contributed by atoms with Gasteiger partial charge in [0.15, 0.2) is 0 Å². The lowest BCUT2D eigenvalue weighted by Crippen LogP contribution is -2.26. The Morgan fingerprint density at radius 3 is 2.52 bits per heavy atom. The van der Waals surface area contributed by atoms with Crippen molar-refractivity contribution in [2.75, 3.05) is 16.7 Å². The third-order valence-electron chi connectivity index (χ3n) is 4.86. The number of carbonyl (C=O) groups is 1. The summed E-state index contributed by atoms with van der Waals surface area (Å²) in [5, 5.41) is 7.17. The number of aryl methyl sites for hydroxylation is 2. The first kappa shape index (κ1) is 20.5. The van der Waals surface area contributed by atoms with Gasteiger partial charge in [-0.3, -0.25) is 9.10 Å². The molecule has 0 saturated carbocycles. The Bertz CT molecular complexity index is 1380. The SMILES string of the molecule is Cc1cc(C(=O)Nc2cccc(S(=O)(=O)N(C)c3ccccc3)c2)c2c(C)noc2n1. The second kappa shape index (κ2) is 7.84. The fraction of sp³-hybridized carbons (Fsp3) is 0.136. The zero-order chi connectivity index (χ0) is 22.2. The first-order valence-corrected chi connectivity index (χ1v) is 10.9. The Kier molecular flexibility index (Phi) is 5.20. The van der Waals surface area contributed by atoms with Crippen molar-refractivity contribution in [3.63, 3.8) is 0 Å². The van der Waals surface area contributed by atoms with Crippen molar-refractivity contribution in [3.05, 3.63) is 77.6 Å². The molecule has 0 aliphatic rings. The lowest BCUT2D eigenvalue weighted by molar-refractivity contribution is 0.102. The molecule has 0 saturated heterocycles. The van der Waals surface area contributed by atoms with Crippen LogP contribution in [0.5, 0.6) is 0 Å². The fourth-order valence-electron chi connectivity index (χ4n) is 3.26. The fourth-order valence-corrected chi connectivity index (χ4v) is 4.51. The van der Waals surface area contributed by atoms with E-state index in [-0.39, 0.29) is 10.6 Å². The number of aromatic nitrogens is 2. The second-order valence-corrected chi connectivity index (χ2v) is 9.02. The third-order valence-corrected chi connectivity index (χ3v) is 6.64. The van der Waals surface area contributed by atoms with Gasteiger partial charge < -0.3 is 9.84 Å². The minimum Gasteiger partial charge on any atom is -0.336 e. The number of benzene rings is 2. The smallest absolute Gasteiger partial charge is 0.264 e. The summed E-state index contributed by atoms with van der Waals surface area (Å²) in [6.07, 6.45) is 0. The molecule has 8 nitrogen and oxygen atoms in total. The summed E-state index contributed by atoms with van der Waals surface area (Å²) in [5.74, 6) is -0.409. The molecule has 1 amide bonds. The van der Waals surface area contributed by atoms with Gasteiger partial charge in [0, 0.05) is 18.4 Å². The summed E-state index contributed by atoms with van der Waals surface area (Å²) in [7, 11) is -2.32. The molecule has 0 radical (unpaired) electrons. The number of nitrogens with zero attached hydrogens (tertiary/aromatic N) is 3. The highest BCUT2D eigenvalue weighted by Crippen LogP contribution is 2.26. The van der Waals surface area contributed by atoms with Gasteiger partial charge >= 0.3 is 0 Å². The Hall–Kier alpha value is -3.72. The number of hydrogen-bond acceptors (Lipinski definition) is 6. The maximum absolute atomic E-state index is 13.1. The molecule has 31 heavy (non-hydrogen) atoms. The summed E-state index contributed by atoms with van der Waals surface area (Å²) in [5.41, 5.74) is 2.68. The van der Waals surface area contributed by atoms with Crippen molar-refractivity contribution < 1.29 is 17.7 Å². The van der Waals surface area contributed by atoms with E-state index in [1.807, 2.05) is 6.07 Å². The minimum atomic E-state index is -3.81. The predicted molar refractivity (Wildman–Crippen MR) is 118 cm³/mol. The van der Waals surface area contributed by atoms with E-state index in [0.717, 1.165) is 0 Å². The van der Waals surface area contributed by atoms with Crippen LogP contribution in [-0.2, 0) is 10.0 Å². The van der Waals surface area contributed by atoms with Crippen LogP contribution < -0.4 is 9.62 Å². The molecule has 9 heteroatoms. The number of para-hydroxylation sites is 1. The van der Waals surface area contributed by atoms with Gasteiger partial charge in [-0.1, -0.05) is 29.4 Å². The number of pyridine rings is 1. The van der Waals surface area contributed by atoms with Crippen LogP contribution in [0.4, 0.5) is 11.4 Å². The molecule has 0 atom stereocenters. The van der Waals surface area contributed by atoms with Crippen molar-refractivity contribution in [1.29, 1.82) is 0 Å². The highest BCUT2D eigenvalue weighted by molar-refractivity contribution is 7.92. The van der Waals surface area contributed by atoms with Crippen LogP contribution in [0.25, 0.3) is 11.1 Å². The Morgan fingerprint density at radius 1 is 1.03 bits per heavy atom. The lowest BCUT2D eigenvalue weighted by atomic mass is 10.1. The molecule has 158 valence electrons. The molecule has 0 unspecified atom stereocenters. The standard InChI is InChI=1S/C22H20N4O4S/c1-14-12-19(20-15(2)25-30-22(20)23-14)21(27)24-16-8-7-11-18(13-16)31(28,29)26(3)17-9-5-4-6-10-17/h4-13H,1-3H3,(H,24,27). The summed E-state index contributed by atoms with van der Waals surface area (Å²) >= 11 is 0. The lowest BCUT2D eigenvalue weighted by Gasteiger charge is -2.20. The van der Waals surface area contributed by atoms with Gasteiger partial charge in [-0.05, 0) is 50.2 Å². The predicted octanol–water partition coefficient (Wildman–Crippen LogP) is 3.92. The van der Waals surface area contributed by atoms with E-state index in [1.54, 1.807) is 56.3 Å². The highest BCUT2D eigenvalue weighted by atomic mass is 32.2. The molecule has 4 aromatic rings. The first-order valence-electron chi connectivity index (χ1n) is 9.46. The Labute approximate surface area is 179 Å². The van der Waals surface area contributed by atoms with Crippen LogP contribution in [-0.4, -0.2) is 31.5 Å². The van der Waals surface area contributed by atoms with Crippen LogP contribution in [0, 0.1) is 13.8 Å². The zero-order valence-corrected chi connectivity index (χ0v) is 18.0. The monoisotopic (exact) mass is 436 g/mol. The number of anilines is 2. The van der Waals surface area contributed by atoms with Crippen LogP contribution >= 0.6 is 0 Å². The van der Waals surface area contributed by atoms with Crippen molar-refractivity contribution in [1.82, 2.24) is 10.1 Å². The van der Waals surface area contributed by atoms with Crippen LogP contribution in [0.3, 0.4) is 0 Å². The molecular formula is C22H20N4O4S. The number of sulfonamides is 1. The van der Waals surface area contributed by atoms with E-state index in [9.17, 15) is 13.2 Å². The van der Waals surface area contributed by atoms with Crippen molar-refractivity contribution in [2.24, 2.45) is 0 Å². The molecule has 2 heterocycles. The maximum Gasteiger partial charge on any atom is 0.264 e. The third kappa shape index (κ3) is 3.87. The van der Waals surface area contributed by atoms with Gasteiger partial charge in [-0.25, -0.2) is 13.4 Å². The Morgan fingerprint density at radius 2 is 1.77 bits per heavy atom. The number of nitrogens with one attached hydrogen (secondary N) is 1. The molecule has 2 aromatic carbocycles. The van der Waals surface area contributed by atoms with Crippen molar-refractivity contribution in [2.45, 2.75) is 18.7 Å². The van der Waals surface area contributed by atoms with Gasteiger partial charge in [0.1, 0.15) is 0 Å². The molecule has 0 spiro atoms. The largest absolute Gasteiger partial charge is 0.336 e. The quantitative estimate of drug-likeness (QED) is 0.508. The number of rotatable bonds is 5. The van der Waals surface area contributed by atoms with Gasteiger partial charge in [-0.15, -0.1) is 0 Å². The number of hydrogen-bond donors (Lipinski definition) is 1. The molecule has 0 aliphatic heterocycles. The summed E-state index contributed by atoms with van der Waals surface area (Å²) in [6.45, 7) is 3.48. The van der Waals surface area contributed by atoms with Crippen LogP contribution in [0.1, 0.15) is 21.7 Å². The number of fused-ring (bicyclic) bond motifs is 1. The number of carbonyl (C=O) groups excluding carboxylic acids is 1. The second-order valence-electron chi connectivity index (χ2n) is 7.05. The summed E-state index contributed by atoms with van der Waals surface area (Å²) < 4.78 is 32.5. The van der Waals surface area contributed by atoms with E-state index in [2.05, 4.69) is 15.5 Å². The van der Waals surface area contributed by atoms with Gasteiger partial charge in [0.05, 0.1) is 27.2 Å². The normalized spacial score (nSPS) is 11.5. The van der Waals surface area contributed by atoms with Gasteiger partial charge in [-0.2, -0.15) is 0 Å². The molecule has 4 rings (SSSR count). The van der Waals surface area contributed by atoms with Crippen LogP contribution in [0.15, 0.2) is 70.1 Å². The zero-order valence-electron chi connectivity index (χ0n) is 17.2. The molecule has 0 bridgehead atoms. The van der Waals surface area contributed by atoms with Gasteiger partial charge in [0.25, 0.3) is 21.6 Å². The molecule has 0 aliphatic carbocycles. The van der Waals surface area contributed by atoms with Gasteiger partial charge in [0.2, 0.25) is 0 Å².